The number of carbonyl (C=O) groups excluding carboxylic acids is 1. The number of aliphatic hydroxyl groups excluding tert-OH is 3. The lowest BCUT2D eigenvalue weighted by molar-refractivity contribution is -0.130. The van der Waals surface area contributed by atoms with Crippen LogP contribution in [0, 0.1) is 137 Å². The van der Waals surface area contributed by atoms with E-state index in [4.69, 9.17) is 8.85 Å². The molecule has 9 nitrogen and oxygen atoms in total. The first kappa shape index (κ1) is 127. The van der Waals surface area contributed by atoms with Crippen LogP contribution in [0.25, 0.3) is 0 Å². The second kappa shape index (κ2) is 49.3. The zero-order valence-electron chi connectivity index (χ0n) is 102. The molecule has 0 bridgehead atoms. The zero-order chi connectivity index (χ0) is 111. The van der Waals surface area contributed by atoms with Gasteiger partial charge in [0.15, 0.2) is 16.6 Å². The number of benzene rings is 2. The topological polar surface area (TPSA) is 154 Å². The number of aliphatic hydroxyl groups is 5. The van der Waals surface area contributed by atoms with Crippen LogP contribution in [0.4, 0.5) is 0 Å². The van der Waals surface area contributed by atoms with Gasteiger partial charge in [0.2, 0.25) is 0 Å². The number of Topliss-reactive ketones (excluding diaryl/α,β-unsaturated/α-hetero) is 1. The van der Waals surface area contributed by atoms with Gasteiger partial charge in [0.25, 0.3) is 0 Å². The number of carbonyl (C=O) groups is 1. The highest BCUT2D eigenvalue weighted by Crippen LogP contribution is 2.67. The van der Waals surface area contributed by atoms with Crippen LogP contribution < -0.4 is 10.6 Å². The fraction of sp³-hybridized carbons (Fsp3) is 0.785. The Labute approximate surface area is 909 Å². The van der Waals surface area contributed by atoms with Gasteiger partial charge in [-0.25, -0.2) is 0 Å². The quantitative estimate of drug-likeness (QED) is 0.0318. The van der Waals surface area contributed by atoms with Gasteiger partial charge in [-0.2, -0.15) is 0 Å². The summed E-state index contributed by atoms with van der Waals surface area (Å²) >= 11 is 0. The molecular weight excluding hydrogens is 1850 g/mol. The highest BCUT2D eigenvalue weighted by molar-refractivity contribution is 7.78. The molecule has 147 heavy (non-hydrogen) atoms. The Morgan fingerprint density at radius 3 is 1.09 bits per heavy atom. The standard InChI is InChI=1S/C37H66OSi.C29H48O3.C28H39O2PSi.C21H38O.C20H38O2.H2/c1-26-24-29(25-33(27(26)2)38-39(13,14)35(7,8)9)17-18-30-16-15-21-37(12)31(19-20-32(30)37)28(3)36(10,11)23-22-34(4,5)6;1-19-25(30)17-21(18-26(19)31)10-11-22-9-8-14-29(7)23(12-13-24(22)29)20(2)27(3,4)15-16-28(5,6)32;1-22-20-24(21-27(23(22)2)30-32(6,7)28(3,4)5)18-19-31(29,25-14-10-8-11-15-25)26-16-12-9-13-17-26;1-15(20(5,6)14-13-19(2,3)4)16-10-11-17-18(22)9-8-12-21(16,17)7;1-14(18(2,3)12-13-19(4,5)22)15-9-10-16-17(21)8-7-11-20(15,16)6;/h17-18,26,28,31-33H,2,15-16,19-25H2,1,3-14H3;10-11,20,23-26,30-32H,1,8-9,12-18H2,2-7H3;8-18,22,27H,2,19-21H2,1,3-7H3;15-17H,8-14H2,1-7H3;14-17,21-22H,7-13H2,1-6H3;1H/b29-17-,30-18+;22-11+;24-18-;;;/t26-,28-,31?,32?,33-,37-;20-,23?,24?,25-,26-,29-;22-,27+;15-,16?,17?,21-;14-,15?,16?,17+,20-;/m11011./s1. The Bertz CT molecular complexity index is 4800. The zero-order valence-corrected chi connectivity index (χ0v) is 105. The van der Waals surface area contributed by atoms with Crippen molar-refractivity contribution in [2.45, 2.75) is 532 Å². The summed E-state index contributed by atoms with van der Waals surface area (Å²) in [6.45, 7) is 102. The highest BCUT2D eigenvalue weighted by atomic mass is 31.2. The molecule has 0 aliphatic heterocycles. The van der Waals surface area contributed by atoms with Crippen molar-refractivity contribution in [3.63, 3.8) is 0 Å². The fourth-order valence-electron chi connectivity index (χ4n) is 29.5. The Morgan fingerprint density at radius 1 is 0.401 bits per heavy atom. The van der Waals surface area contributed by atoms with Gasteiger partial charge in [-0.1, -0.05) is 353 Å². The van der Waals surface area contributed by atoms with Gasteiger partial charge in [-0.3, -0.25) is 4.79 Å². The molecule has 0 saturated heterocycles. The summed E-state index contributed by atoms with van der Waals surface area (Å²) in [5.74, 6) is 9.45. The van der Waals surface area contributed by atoms with E-state index in [1.54, 1.807) is 16.7 Å². The van der Waals surface area contributed by atoms with E-state index in [2.05, 4.69) is 284 Å². The van der Waals surface area contributed by atoms with Crippen LogP contribution >= 0.6 is 7.14 Å². The van der Waals surface area contributed by atoms with Gasteiger partial charge in [-0.05, 0) is 417 Å². The fourth-order valence-corrected chi connectivity index (χ4v) is 34.7. The van der Waals surface area contributed by atoms with Gasteiger partial charge in [0.1, 0.15) is 12.9 Å². The Morgan fingerprint density at radius 2 is 0.721 bits per heavy atom. The van der Waals surface area contributed by atoms with E-state index in [-0.39, 0.29) is 46.1 Å². The lowest BCUT2D eigenvalue weighted by Gasteiger charge is -2.48. The van der Waals surface area contributed by atoms with E-state index >= 15 is 0 Å². The molecule has 0 amide bonds. The molecule has 0 spiro atoms. The molecule has 5 N–H and O–H groups in total. The van der Waals surface area contributed by atoms with Crippen molar-refractivity contribution in [2.24, 2.45) is 137 Å². The molecule has 0 radical (unpaired) electrons. The second-order valence-corrected chi connectivity index (χ2v) is 73.9. The number of ketones is 1. The van der Waals surface area contributed by atoms with Gasteiger partial charge >= 0.3 is 0 Å². The monoisotopic (exact) mass is 2080 g/mol. The minimum absolute atomic E-state index is 0. The minimum atomic E-state index is -2.74. The first-order valence-electron chi connectivity index (χ1n) is 59.9. The molecule has 11 aliphatic carbocycles. The van der Waals surface area contributed by atoms with Crippen molar-refractivity contribution >= 4 is 40.2 Å². The maximum atomic E-state index is 14.4. The number of allylic oxidation sites excluding steroid dienone is 7. The summed E-state index contributed by atoms with van der Waals surface area (Å²) in [6.07, 6.45) is 50.3. The molecule has 838 valence electrons. The third-order valence-corrected chi connectivity index (χ3v) is 55.7. The van der Waals surface area contributed by atoms with E-state index in [1.165, 1.54) is 145 Å². The van der Waals surface area contributed by atoms with E-state index in [9.17, 15) is 34.9 Å². The number of hydrogen-bond donors (Lipinski definition) is 5. The normalized spacial score (nSPS) is 32.5. The molecule has 12 heteroatoms. The summed E-state index contributed by atoms with van der Waals surface area (Å²) < 4.78 is 28.1. The van der Waals surface area contributed by atoms with E-state index in [0.29, 0.717) is 127 Å². The summed E-state index contributed by atoms with van der Waals surface area (Å²) in [5.41, 5.74) is 12.8. The van der Waals surface area contributed by atoms with Gasteiger partial charge in [0, 0.05) is 30.5 Å². The largest absolute Gasteiger partial charge is 0.410 e. The van der Waals surface area contributed by atoms with Gasteiger partial charge in [0.05, 0.1) is 41.7 Å². The van der Waals surface area contributed by atoms with Crippen LogP contribution in [0.3, 0.4) is 0 Å². The second-order valence-electron chi connectivity index (χ2n) is 61.5. The molecule has 0 heterocycles. The van der Waals surface area contributed by atoms with Crippen molar-refractivity contribution in [2.75, 3.05) is 6.16 Å². The average Bonchev–Trinajstić information content (AvgIpc) is 1.62. The molecule has 8 unspecified atom stereocenters. The predicted octanol–water partition coefficient (Wildman–Crippen LogP) is 36.8. The van der Waals surface area contributed by atoms with Crippen LogP contribution in [0.1, 0.15) is 455 Å². The highest BCUT2D eigenvalue weighted by Gasteiger charge is 2.59. The van der Waals surface area contributed by atoms with E-state index in [1.807, 2.05) is 88.4 Å². The lowest BCUT2D eigenvalue weighted by Crippen LogP contribution is -2.45. The summed E-state index contributed by atoms with van der Waals surface area (Å²) in [6, 6.07) is 19.9. The van der Waals surface area contributed by atoms with Crippen LogP contribution in [0.2, 0.25) is 36.3 Å². The number of rotatable bonds is 28. The Kier molecular flexibility index (Phi) is 42.5. The molecule has 13 rings (SSSR count). The SMILES string of the molecule is C=C1[C@@H](C)C/C(=C/CP(=O)(c2ccccc2)c2ccccc2)C[C@H]1O[Si](C)(C)C(C)(C)C.C=C1[C@H](C)C/C(=C/C=C2\CCC[C@@]3(C)C2CCC3[C@@H](C)C(C)(C)CCC(C)(C)C)C[C@H]1O[Si](C)(C)C(C)(C)C.C=C1[C@H](O)CC(=C/C=C2\CCC[C@@]3(C)C2CCC3[C@@H](C)C(C)(C)CCC(C)(C)O)C[C@H]1O.C[C@H](C1CCC2C(=O)CCC[C@@]21C)C(C)(C)CCC(C)(C)C.C[C@H](C1CCC2[C@@H](O)CCC[C@]12C)C(C)(C)CCC(C)(C)O.[HH]. The number of hydrogen-bond acceptors (Lipinski definition) is 9. The van der Waals surface area contributed by atoms with Crippen LogP contribution in [0.5, 0.6) is 0 Å². The van der Waals surface area contributed by atoms with Crippen LogP contribution in [-0.4, -0.2) is 95.8 Å². The van der Waals surface area contributed by atoms with Crippen molar-refractivity contribution < 1.29 is 45.2 Å². The molecular formula is C135H231O9PSi2. The molecule has 11 aliphatic rings. The molecule has 2 aromatic carbocycles. The van der Waals surface area contributed by atoms with Crippen LogP contribution in [-0.2, 0) is 18.2 Å². The maximum absolute atomic E-state index is 14.4. The van der Waals surface area contributed by atoms with Crippen molar-refractivity contribution in [1.82, 2.24) is 0 Å². The molecule has 11 fully saturated rings. The molecule has 2 aromatic rings. The first-order valence-corrected chi connectivity index (χ1v) is 67.6. The minimum Gasteiger partial charge on any atom is -0.410 e. The van der Waals surface area contributed by atoms with Crippen molar-refractivity contribution in [3.8, 4) is 0 Å². The molecule has 23 atom stereocenters. The predicted molar refractivity (Wildman–Crippen MR) is 641 cm³/mol. The summed E-state index contributed by atoms with van der Waals surface area (Å²) in [7, 11) is -6.48. The van der Waals surface area contributed by atoms with E-state index < -0.39 is 47.2 Å². The third-order valence-electron chi connectivity index (χ3n) is 43.7. The molecule has 11 saturated carbocycles. The first-order chi connectivity index (χ1) is 67.3. The maximum Gasteiger partial charge on any atom is 0.192 e. The van der Waals surface area contributed by atoms with Crippen molar-refractivity contribution in [1.29, 1.82) is 0 Å². The summed E-state index contributed by atoms with van der Waals surface area (Å²) in [5, 5.41) is 53.3. The number of fused-ring (bicyclic) bond motifs is 4. The lowest BCUT2D eigenvalue weighted by atomic mass is 9.57. The van der Waals surface area contributed by atoms with E-state index in [0.717, 1.165) is 117 Å². The Hall–Kier alpha value is -3.59. The van der Waals surface area contributed by atoms with Crippen LogP contribution in [0.15, 0.2) is 155 Å². The third kappa shape index (κ3) is 32.0. The molecule has 0 aromatic heterocycles. The summed E-state index contributed by atoms with van der Waals surface area (Å²) in [4.78, 5) is 12.4. The van der Waals surface area contributed by atoms with Gasteiger partial charge in [-0.15, -0.1) is 0 Å². The average molecular weight is 2090 g/mol. The Balaban J connectivity index is 0.000000229. The van der Waals surface area contributed by atoms with Gasteiger partial charge < -0.3 is 38.9 Å². The smallest absolute Gasteiger partial charge is 0.192 e. The van der Waals surface area contributed by atoms with Crippen molar-refractivity contribution in [3.05, 3.63) is 155 Å².